The molecule has 1 atom stereocenters. The molecule has 0 N–H and O–H groups in total. The Morgan fingerprint density at radius 3 is 2.62 bits per heavy atom. The van der Waals surface area contributed by atoms with Crippen molar-refractivity contribution in [3.05, 3.63) is 0 Å². The van der Waals surface area contributed by atoms with Gasteiger partial charge in [0.05, 0.1) is 0 Å². The van der Waals surface area contributed by atoms with Crippen LogP contribution in [0, 0.1) is 5.92 Å². The van der Waals surface area contributed by atoms with Gasteiger partial charge >= 0.3 is 6.09 Å². The maximum absolute atomic E-state index is 11.8. The van der Waals surface area contributed by atoms with Crippen molar-refractivity contribution < 1.29 is 14.3 Å². The van der Waals surface area contributed by atoms with Crippen LogP contribution in [0.5, 0.6) is 0 Å². The molecule has 4 heteroatoms. The van der Waals surface area contributed by atoms with E-state index in [0.29, 0.717) is 19.5 Å². The van der Waals surface area contributed by atoms with E-state index in [1.807, 2.05) is 27.7 Å². The minimum absolute atomic E-state index is 0.0741. The van der Waals surface area contributed by atoms with Gasteiger partial charge in [0.2, 0.25) is 0 Å². The van der Waals surface area contributed by atoms with Crippen molar-refractivity contribution in [1.82, 2.24) is 4.90 Å². The lowest BCUT2D eigenvalue weighted by Crippen LogP contribution is -2.39. The zero-order chi connectivity index (χ0) is 12.3. The molecule has 0 aromatic rings. The van der Waals surface area contributed by atoms with Crippen molar-refractivity contribution in [1.29, 1.82) is 0 Å². The molecule has 1 amide bonds. The van der Waals surface area contributed by atoms with Gasteiger partial charge in [0.25, 0.3) is 0 Å². The molecule has 16 heavy (non-hydrogen) atoms. The minimum atomic E-state index is -0.476. The minimum Gasteiger partial charge on any atom is -0.444 e. The molecule has 1 unspecified atom stereocenters. The van der Waals surface area contributed by atoms with Gasteiger partial charge in [0.1, 0.15) is 11.4 Å². The second-order valence-electron chi connectivity index (χ2n) is 5.40. The molecule has 4 nitrogen and oxygen atoms in total. The van der Waals surface area contributed by atoms with Crippen LogP contribution >= 0.6 is 0 Å². The third kappa shape index (κ3) is 3.83. The summed E-state index contributed by atoms with van der Waals surface area (Å²) in [6.45, 7) is 8.50. The SMILES string of the molecule is CC1CN(C(=O)OC(C)(C)C)CCCC1=O. The highest BCUT2D eigenvalue weighted by molar-refractivity contribution is 5.82. The number of ketones is 1. The fourth-order valence-corrected chi connectivity index (χ4v) is 1.71. The number of hydrogen-bond acceptors (Lipinski definition) is 3. The number of likely N-dealkylation sites (tertiary alicyclic amines) is 1. The van der Waals surface area contributed by atoms with Gasteiger partial charge in [-0.15, -0.1) is 0 Å². The molecular formula is C12H21NO3. The summed E-state index contributed by atoms with van der Waals surface area (Å²) in [5.41, 5.74) is -0.476. The molecular weight excluding hydrogens is 206 g/mol. The Labute approximate surface area is 96.9 Å². The van der Waals surface area contributed by atoms with Gasteiger partial charge in [0, 0.05) is 25.4 Å². The second kappa shape index (κ2) is 4.85. The van der Waals surface area contributed by atoms with Crippen LogP contribution in [0.2, 0.25) is 0 Å². The maximum Gasteiger partial charge on any atom is 0.410 e. The standard InChI is InChI=1S/C12H21NO3/c1-9-8-13(7-5-6-10(9)14)11(15)16-12(2,3)4/h9H,5-8H2,1-4H3. The Morgan fingerprint density at radius 2 is 2.06 bits per heavy atom. The normalized spacial score (nSPS) is 22.9. The van der Waals surface area contributed by atoms with E-state index < -0.39 is 5.60 Å². The third-order valence-electron chi connectivity index (χ3n) is 2.55. The van der Waals surface area contributed by atoms with E-state index in [4.69, 9.17) is 4.74 Å². The average Bonchev–Trinajstić information content (AvgIpc) is 2.27. The quantitative estimate of drug-likeness (QED) is 0.637. The highest BCUT2D eigenvalue weighted by Crippen LogP contribution is 2.16. The Hall–Kier alpha value is -1.06. The molecule has 0 aromatic heterocycles. The summed E-state index contributed by atoms with van der Waals surface area (Å²) in [6, 6.07) is 0. The zero-order valence-corrected chi connectivity index (χ0v) is 10.6. The van der Waals surface area contributed by atoms with Crippen LogP contribution in [-0.2, 0) is 9.53 Å². The van der Waals surface area contributed by atoms with E-state index in [1.165, 1.54) is 0 Å². The summed E-state index contributed by atoms with van der Waals surface area (Å²) in [4.78, 5) is 24.9. The summed E-state index contributed by atoms with van der Waals surface area (Å²) >= 11 is 0. The maximum atomic E-state index is 11.8. The Kier molecular flexibility index (Phi) is 3.94. The summed E-state index contributed by atoms with van der Waals surface area (Å²) in [7, 11) is 0. The van der Waals surface area contributed by atoms with E-state index in [1.54, 1.807) is 4.90 Å². The van der Waals surface area contributed by atoms with Crippen molar-refractivity contribution in [3.63, 3.8) is 0 Å². The second-order valence-corrected chi connectivity index (χ2v) is 5.40. The first kappa shape index (κ1) is 13.0. The molecule has 0 aliphatic carbocycles. The summed E-state index contributed by atoms with van der Waals surface area (Å²) < 4.78 is 5.29. The first-order chi connectivity index (χ1) is 7.29. The van der Waals surface area contributed by atoms with Gasteiger partial charge < -0.3 is 9.64 Å². The van der Waals surface area contributed by atoms with Crippen molar-refractivity contribution >= 4 is 11.9 Å². The van der Waals surface area contributed by atoms with Crippen LogP contribution in [0.4, 0.5) is 4.79 Å². The molecule has 92 valence electrons. The topological polar surface area (TPSA) is 46.6 Å². The average molecular weight is 227 g/mol. The van der Waals surface area contributed by atoms with Crippen molar-refractivity contribution in [2.75, 3.05) is 13.1 Å². The summed E-state index contributed by atoms with van der Waals surface area (Å²) in [6.07, 6.45) is 0.997. The van der Waals surface area contributed by atoms with Crippen molar-refractivity contribution in [2.24, 2.45) is 5.92 Å². The Balaban J connectivity index is 2.59. The van der Waals surface area contributed by atoms with Crippen LogP contribution in [0.25, 0.3) is 0 Å². The lowest BCUT2D eigenvalue weighted by Gasteiger charge is -2.27. The highest BCUT2D eigenvalue weighted by Gasteiger charge is 2.27. The lowest BCUT2D eigenvalue weighted by molar-refractivity contribution is -0.122. The molecule has 1 heterocycles. The molecule has 0 saturated carbocycles. The summed E-state index contributed by atoms with van der Waals surface area (Å²) in [5.74, 6) is 0.168. The van der Waals surface area contributed by atoms with Gasteiger partial charge in [-0.2, -0.15) is 0 Å². The molecule has 1 saturated heterocycles. The predicted molar refractivity (Wildman–Crippen MR) is 61.2 cm³/mol. The molecule has 1 fully saturated rings. The van der Waals surface area contributed by atoms with Gasteiger partial charge in [0.15, 0.2) is 0 Å². The van der Waals surface area contributed by atoms with Crippen molar-refractivity contribution in [2.45, 2.75) is 46.1 Å². The first-order valence-corrected chi connectivity index (χ1v) is 5.80. The molecule has 0 radical (unpaired) electrons. The van der Waals surface area contributed by atoms with Gasteiger partial charge in [-0.25, -0.2) is 4.79 Å². The van der Waals surface area contributed by atoms with Crippen LogP contribution in [-0.4, -0.2) is 35.5 Å². The fourth-order valence-electron chi connectivity index (χ4n) is 1.71. The van der Waals surface area contributed by atoms with E-state index in [-0.39, 0.29) is 17.8 Å². The van der Waals surface area contributed by atoms with Gasteiger partial charge in [-0.3, -0.25) is 4.79 Å². The Bertz CT molecular complexity index is 280. The Morgan fingerprint density at radius 1 is 1.44 bits per heavy atom. The first-order valence-electron chi connectivity index (χ1n) is 5.80. The molecule has 0 aromatic carbocycles. The number of carbonyl (C=O) groups is 2. The fraction of sp³-hybridized carbons (Fsp3) is 0.833. The van der Waals surface area contributed by atoms with Crippen molar-refractivity contribution in [3.8, 4) is 0 Å². The molecule has 1 rings (SSSR count). The largest absolute Gasteiger partial charge is 0.444 e. The highest BCUT2D eigenvalue weighted by atomic mass is 16.6. The van der Waals surface area contributed by atoms with E-state index >= 15 is 0 Å². The number of amides is 1. The monoisotopic (exact) mass is 227 g/mol. The van der Waals surface area contributed by atoms with Gasteiger partial charge in [-0.05, 0) is 27.2 Å². The molecule has 1 aliphatic rings. The van der Waals surface area contributed by atoms with Crippen LogP contribution < -0.4 is 0 Å². The molecule has 0 spiro atoms. The smallest absolute Gasteiger partial charge is 0.410 e. The predicted octanol–water partition coefficient (Wildman–Crippen LogP) is 2.22. The number of ether oxygens (including phenoxy) is 1. The number of Topliss-reactive ketones (excluding diaryl/α,β-unsaturated/α-hetero) is 1. The lowest BCUT2D eigenvalue weighted by atomic mass is 10.0. The number of carbonyl (C=O) groups excluding carboxylic acids is 2. The molecule has 0 bridgehead atoms. The van der Waals surface area contributed by atoms with E-state index in [2.05, 4.69) is 0 Å². The number of hydrogen-bond donors (Lipinski definition) is 0. The number of rotatable bonds is 0. The summed E-state index contributed by atoms with van der Waals surface area (Å²) in [5, 5.41) is 0. The molecule has 1 aliphatic heterocycles. The van der Waals surface area contributed by atoms with E-state index in [0.717, 1.165) is 6.42 Å². The van der Waals surface area contributed by atoms with Crippen LogP contribution in [0.1, 0.15) is 40.5 Å². The number of nitrogens with zero attached hydrogens (tertiary/aromatic N) is 1. The van der Waals surface area contributed by atoms with Gasteiger partial charge in [-0.1, -0.05) is 6.92 Å². The third-order valence-corrected chi connectivity index (χ3v) is 2.55. The van der Waals surface area contributed by atoms with Crippen LogP contribution in [0.3, 0.4) is 0 Å². The zero-order valence-electron chi connectivity index (χ0n) is 10.6. The van der Waals surface area contributed by atoms with E-state index in [9.17, 15) is 9.59 Å². The van der Waals surface area contributed by atoms with Crippen LogP contribution in [0.15, 0.2) is 0 Å².